The van der Waals surface area contributed by atoms with Crippen LogP contribution in [0, 0.1) is 0 Å². The largest absolute Gasteiger partial charge is 0.480 e. The van der Waals surface area contributed by atoms with Crippen molar-refractivity contribution in [2.24, 2.45) is 16.5 Å². The maximum absolute atomic E-state index is 10.9. The van der Waals surface area contributed by atoms with Crippen LogP contribution in [-0.2, 0) is 4.79 Å². The number of nitrogens with zero attached hydrogens (tertiary/aromatic N) is 1. The normalized spacial score (nSPS) is 12.0. The van der Waals surface area contributed by atoms with Crippen LogP contribution in [0.4, 0.5) is 0 Å². The lowest BCUT2D eigenvalue weighted by atomic mass is 10.0. The highest BCUT2D eigenvalue weighted by Gasteiger charge is 2.15. The molecule has 0 radical (unpaired) electrons. The number of aliphatic carboxylic acids is 1. The lowest BCUT2D eigenvalue weighted by Crippen LogP contribution is -2.28. The molecule has 0 bridgehead atoms. The molecular weight excluding hydrogens is 278 g/mol. The minimum absolute atomic E-state index is 0.147. The van der Waals surface area contributed by atoms with E-state index in [9.17, 15) is 4.79 Å². The van der Waals surface area contributed by atoms with Gasteiger partial charge >= 0.3 is 5.97 Å². The second-order valence-corrected chi connectivity index (χ2v) is 6.09. The number of nitrogens with two attached hydrogens (primary N) is 2. The smallest absolute Gasteiger partial charge is 0.328 e. The van der Waals surface area contributed by atoms with Crippen LogP contribution in [0.2, 0.25) is 0 Å². The predicted octanol–water partition coefficient (Wildman–Crippen LogP) is 3.80. The summed E-state index contributed by atoms with van der Waals surface area (Å²) in [4.78, 5) is 14.7. The van der Waals surface area contributed by atoms with Crippen molar-refractivity contribution in [3.63, 3.8) is 0 Å². The van der Waals surface area contributed by atoms with Gasteiger partial charge in [-0.3, -0.25) is 0 Å². The quantitative estimate of drug-likeness (QED) is 0.243. The van der Waals surface area contributed by atoms with Crippen molar-refractivity contribution in [3.8, 4) is 0 Å². The lowest BCUT2D eigenvalue weighted by Gasteiger charge is -2.07. The third-order valence-corrected chi connectivity index (χ3v) is 3.92. The van der Waals surface area contributed by atoms with E-state index in [1.165, 1.54) is 64.2 Å². The molecular formula is C17H35N3O2. The molecule has 0 amide bonds. The molecule has 130 valence electrons. The van der Waals surface area contributed by atoms with Crippen molar-refractivity contribution < 1.29 is 9.90 Å². The van der Waals surface area contributed by atoms with Crippen LogP contribution in [0.1, 0.15) is 90.4 Å². The Balaban J connectivity index is 3.39. The van der Waals surface area contributed by atoms with E-state index in [1.54, 1.807) is 0 Å². The van der Waals surface area contributed by atoms with Gasteiger partial charge in [-0.25, -0.2) is 9.79 Å². The molecule has 1 atom stereocenters. The topological polar surface area (TPSA) is 102 Å². The number of carboxylic acids is 1. The van der Waals surface area contributed by atoms with E-state index in [2.05, 4.69) is 11.9 Å². The van der Waals surface area contributed by atoms with Gasteiger partial charge < -0.3 is 16.6 Å². The Bertz CT molecular complexity index is 302. The molecule has 0 saturated carbocycles. The molecule has 0 aromatic heterocycles. The second-order valence-electron chi connectivity index (χ2n) is 6.09. The Kier molecular flexibility index (Phi) is 13.8. The Morgan fingerprint density at radius 2 is 1.27 bits per heavy atom. The predicted molar refractivity (Wildman–Crippen MR) is 92.9 cm³/mol. The molecule has 0 spiro atoms. The summed E-state index contributed by atoms with van der Waals surface area (Å²) < 4.78 is 0. The third-order valence-electron chi connectivity index (χ3n) is 3.92. The first-order valence-electron chi connectivity index (χ1n) is 8.89. The van der Waals surface area contributed by atoms with E-state index in [4.69, 9.17) is 16.6 Å². The fourth-order valence-corrected chi connectivity index (χ4v) is 2.60. The van der Waals surface area contributed by atoms with Crippen LogP contribution < -0.4 is 11.5 Å². The van der Waals surface area contributed by atoms with Crippen LogP contribution in [0.5, 0.6) is 0 Å². The summed E-state index contributed by atoms with van der Waals surface area (Å²) in [6, 6.07) is -0.784. The van der Waals surface area contributed by atoms with Crippen molar-refractivity contribution in [1.29, 1.82) is 0 Å². The maximum Gasteiger partial charge on any atom is 0.328 e. The minimum Gasteiger partial charge on any atom is -0.480 e. The van der Waals surface area contributed by atoms with Crippen molar-refractivity contribution in [1.82, 2.24) is 0 Å². The summed E-state index contributed by atoms with van der Waals surface area (Å²) in [6.07, 6.45) is 15.7. The summed E-state index contributed by atoms with van der Waals surface area (Å²) in [5, 5.41) is 8.98. The molecule has 0 aromatic carbocycles. The van der Waals surface area contributed by atoms with Gasteiger partial charge in [0.1, 0.15) is 0 Å². The van der Waals surface area contributed by atoms with Crippen molar-refractivity contribution >= 4 is 11.9 Å². The number of hydrogen-bond acceptors (Lipinski definition) is 2. The highest BCUT2D eigenvalue weighted by molar-refractivity contribution is 5.81. The van der Waals surface area contributed by atoms with Gasteiger partial charge in [0.05, 0.1) is 0 Å². The first-order valence-corrected chi connectivity index (χ1v) is 8.89. The second kappa shape index (κ2) is 14.7. The van der Waals surface area contributed by atoms with Gasteiger partial charge in [0.15, 0.2) is 12.0 Å². The van der Waals surface area contributed by atoms with Crippen molar-refractivity contribution in [3.05, 3.63) is 0 Å². The summed E-state index contributed by atoms with van der Waals surface area (Å²) >= 11 is 0. The average Bonchev–Trinajstić information content (AvgIpc) is 2.46. The molecule has 0 heterocycles. The van der Waals surface area contributed by atoms with Crippen LogP contribution in [0.15, 0.2) is 4.99 Å². The van der Waals surface area contributed by atoms with Gasteiger partial charge in [-0.05, 0) is 6.42 Å². The van der Waals surface area contributed by atoms with Crippen LogP contribution in [-0.4, -0.2) is 23.1 Å². The number of carbonyl (C=O) groups is 1. The van der Waals surface area contributed by atoms with E-state index in [0.29, 0.717) is 6.42 Å². The van der Waals surface area contributed by atoms with Gasteiger partial charge in [-0.2, -0.15) is 0 Å². The molecule has 0 aliphatic carbocycles. The fourth-order valence-electron chi connectivity index (χ4n) is 2.60. The molecule has 0 fully saturated rings. The van der Waals surface area contributed by atoms with Gasteiger partial charge in [-0.1, -0.05) is 84.0 Å². The van der Waals surface area contributed by atoms with Gasteiger partial charge in [0.2, 0.25) is 0 Å². The number of unbranched alkanes of at least 4 members (excludes halogenated alkanes) is 11. The molecule has 22 heavy (non-hydrogen) atoms. The van der Waals surface area contributed by atoms with Gasteiger partial charge in [-0.15, -0.1) is 0 Å². The van der Waals surface area contributed by atoms with E-state index < -0.39 is 12.0 Å². The zero-order valence-electron chi connectivity index (χ0n) is 14.2. The number of guanidine groups is 1. The SMILES string of the molecule is CCCCCCCCCCCCCCC(N=C(N)N)C(=O)O. The molecule has 5 N–H and O–H groups in total. The van der Waals surface area contributed by atoms with E-state index >= 15 is 0 Å². The number of aliphatic imine (C=N–C) groups is 1. The Labute approximate surface area is 135 Å². The molecule has 0 saturated heterocycles. The minimum atomic E-state index is -0.948. The monoisotopic (exact) mass is 313 g/mol. The van der Waals surface area contributed by atoms with E-state index in [0.717, 1.165) is 12.8 Å². The summed E-state index contributed by atoms with van der Waals surface area (Å²) in [5.41, 5.74) is 10.5. The molecule has 5 nitrogen and oxygen atoms in total. The average molecular weight is 313 g/mol. The van der Waals surface area contributed by atoms with Crippen molar-refractivity contribution in [2.75, 3.05) is 0 Å². The first kappa shape index (κ1) is 20.7. The number of hydrogen-bond donors (Lipinski definition) is 3. The van der Waals surface area contributed by atoms with E-state index in [1.807, 2.05) is 0 Å². The lowest BCUT2D eigenvalue weighted by molar-refractivity contribution is -0.138. The Morgan fingerprint density at radius 1 is 0.864 bits per heavy atom. The number of rotatable bonds is 15. The zero-order valence-corrected chi connectivity index (χ0v) is 14.2. The van der Waals surface area contributed by atoms with Gasteiger partial charge in [0, 0.05) is 0 Å². The Hall–Kier alpha value is -1.26. The number of carboxylic acid groups (broad SMARTS) is 1. The first-order chi connectivity index (χ1) is 10.6. The van der Waals surface area contributed by atoms with Crippen LogP contribution in [0.25, 0.3) is 0 Å². The summed E-state index contributed by atoms with van der Waals surface area (Å²) in [6.45, 7) is 2.25. The van der Waals surface area contributed by atoms with E-state index in [-0.39, 0.29) is 5.96 Å². The third kappa shape index (κ3) is 13.7. The standard InChI is InChI=1S/C17H35N3O2/c1-2-3-4-5-6-7-8-9-10-11-12-13-14-15(16(21)22)20-17(18)19/h15H,2-14H2,1H3,(H,21,22)(H4,18,19,20). The molecule has 0 aliphatic rings. The molecule has 1 unspecified atom stereocenters. The molecule has 0 rings (SSSR count). The summed E-state index contributed by atoms with van der Waals surface area (Å²) in [7, 11) is 0. The summed E-state index contributed by atoms with van der Waals surface area (Å²) in [5.74, 6) is -1.09. The van der Waals surface area contributed by atoms with Gasteiger partial charge in [0.25, 0.3) is 0 Å². The molecule has 0 aliphatic heterocycles. The molecule has 5 heteroatoms. The van der Waals surface area contributed by atoms with Crippen LogP contribution in [0.3, 0.4) is 0 Å². The van der Waals surface area contributed by atoms with Crippen molar-refractivity contribution in [2.45, 2.75) is 96.4 Å². The highest BCUT2D eigenvalue weighted by Crippen LogP contribution is 2.13. The molecule has 0 aromatic rings. The highest BCUT2D eigenvalue weighted by atomic mass is 16.4. The van der Waals surface area contributed by atoms with Crippen LogP contribution >= 0.6 is 0 Å². The fraction of sp³-hybridized carbons (Fsp3) is 0.882. The maximum atomic E-state index is 10.9. The Morgan fingerprint density at radius 3 is 1.64 bits per heavy atom. The zero-order chi connectivity index (χ0) is 16.6.